The van der Waals surface area contributed by atoms with Gasteiger partial charge in [-0.3, -0.25) is 0 Å². The number of hydrogen-bond donors (Lipinski definition) is 2. The summed E-state index contributed by atoms with van der Waals surface area (Å²) < 4.78 is 0. The van der Waals surface area contributed by atoms with Crippen LogP contribution in [0.1, 0.15) is 16.7 Å². The fraction of sp³-hybridized carbons (Fsp3) is 0.150. The molecule has 0 bridgehead atoms. The Hall–Kier alpha value is -2.41. The molecule has 0 saturated carbocycles. The van der Waals surface area contributed by atoms with Crippen LogP contribution in [-0.2, 0) is 19.6 Å². The first-order valence-corrected chi connectivity index (χ1v) is 9.89. The second kappa shape index (κ2) is 8.31. The molecule has 3 aromatic rings. The minimum atomic E-state index is 0.357. The first kappa shape index (κ1) is 18.9. The largest absolute Gasteiger partial charge is 0.358 e. The van der Waals surface area contributed by atoms with Crippen LogP contribution in [0, 0.1) is 0 Å². The lowest BCUT2D eigenvalue weighted by Gasteiger charge is -2.18. The van der Waals surface area contributed by atoms with Gasteiger partial charge in [0.15, 0.2) is 5.11 Å². The molecule has 0 aliphatic carbocycles. The molecule has 0 saturated heterocycles. The summed E-state index contributed by atoms with van der Waals surface area (Å²) in [4.78, 5) is 11.0. The number of aromatic nitrogens is 2. The Kier molecular flexibility index (Phi) is 5.62. The van der Waals surface area contributed by atoms with E-state index in [1.165, 1.54) is 11.1 Å². The maximum Gasteiger partial charge on any atom is 0.232 e. The van der Waals surface area contributed by atoms with Crippen molar-refractivity contribution in [3.8, 4) is 0 Å². The molecule has 0 fully saturated rings. The van der Waals surface area contributed by atoms with Crippen LogP contribution in [0.25, 0.3) is 0 Å². The Morgan fingerprint density at radius 2 is 1.68 bits per heavy atom. The van der Waals surface area contributed by atoms with Gasteiger partial charge in [0, 0.05) is 30.7 Å². The van der Waals surface area contributed by atoms with Gasteiger partial charge in [0.2, 0.25) is 5.95 Å². The molecule has 142 valence electrons. The predicted molar refractivity (Wildman–Crippen MR) is 118 cm³/mol. The van der Waals surface area contributed by atoms with Gasteiger partial charge in [0.05, 0.1) is 0 Å². The maximum atomic E-state index is 6.22. The average Bonchev–Trinajstić information content (AvgIpc) is 3.11. The molecular weight excluding hydrogens is 413 g/mol. The van der Waals surface area contributed by atoms with Crippen LogP contribution in [0.4, 0.5) is 11.8 Å². The number of thiocarbonyl (C=S) groups is 1. The van der Waals surface area contributed by atoms with Crippen LogP contribution in [0.15, 0.2) is 54.6 Å². The van der Waals surface area contributed by atoms with Gasteiger partial charge in [-0.15, -0.1) is 0 Å². The van der Waals surface area contributed by atoms with Gasteiger partial charge in [-0.05, 0) is 35.0 Å². The quantitative estimate of drug-likeness (QED) is 0.459. The molecule has 1 aromatic heterocycles. The SMILES string of the molecule is S=C(NCc1ccccc1Cl)Nc1nc(Cl)cc(N2Cc3ccccc3C2)n1. The van der Waals surface area contributed by atoms with Crippen molar-refractivity contribution >= 4 is 52.3 Å². The highest BCUT2D eigenvalue weighted by Gasteiger charge is 2.20. The minimum absolute atomic E-state index is 0.357. The van der Waals surface area contributed by atoms with Crippen LogP contribution < -0.4 is 15.5 Å². The molecule has 2 aromatic carbocycles. The van der Waals surface area contributed by atoms with E-state index < -0.39 is 0 Å². The van der Waals surface area contributed by atoms with E-state index in [0.29, 0.717) is 27.8 Å². The number of nitrogens with zero attached hydrogens (tertiary/aromatic N) is 3. The predicted octanol–water partition coefficient (Wildman–Crippen LogP) is 4.79. The molecule has 0 unspecified atom stereocenters. The molecule has 2 heterocycles. The summed E-state index contributed by atoms with van der Waals surface area (Å²) in [6.45, 7) is 2.08. The van der Waals surface area contributed by atoms with Gasteiger partial charge in [-0.1, -0.05) is 65.7 Å². The zero-order chi connectivity index (χ0) is 19.5. The van der Waals surface area contributed by atoms with Gasteiger partial charge >= 0.3 is 0 Å². The van der Waals surface area contributed by atoms with Crippen LogP contribution in [0.5, 0.6) is 0 Å². The lowest BCUT2D eigenvalue weighted by atomic mass is 10.1. The topological polar surface area (TPSA) is 53.1 Å². The van der Waals surface area contributed by atoms with E-state index in [0.717, 1.165) is 24.5 Å². The highest BCUT2D eigenvalue weighted by Crippen LogP contribution is 2.28. The Morgan fingerprint density at radius 3 is 2.39 bits per heavy atom. The van der Waals surface area contributed by atoms with Gasteiger partial charge < -0.3 is 15.5 Å². The molecule has 0 radical (unpaired) electrons. The Bertz CT molecular complexity index is 1000. The lowest BCUT2D eigenvalue weighted by molar-refractivity contribution is 0.852. The molecule has 0 amide bonds. The summed E-state index contributed by atoms with van der Waals surface area (Å²) in [6, 6.07) is 17.7. The van der Waals surface area contributed by atoms with Gasteiger partial charge in [0.25, 0.3) is 0 Å². The summed E-state index contributed by atoms with van der Waals surface area (Å²) in [7, 11) is 0. The van der Waals surface area contributed by atoms with Crippen molar-refractivity contribution in [1.29, 1.82) is 0 Å². The van der Waals surface area contributed by atoms with E-state index in [4.69, 9.17) is 35.4 Å². The summed E-state index contributed by atoms with van der Waals surface area (Å²) in [5, 5.41) is 7.56. The van der Waals surface area contributed by atoms with Crippen molar-refractivity contribution in [2.24, 2.45) is 0 Å². The molecule has 1 aliphatic rings. The maximum absolute atomic E-state index is 6.22. The van der Waals surface area contributed by atoms with Gasteiger partial charge in [-0.25, -0.2) is 4.98 Å². The lowest BCUT2D eigenvalue weighted by Crippen LogP contribution is -2.29. The Morgan fingerprint density at radius 1 is 1.00 bits per heavy atom. The van der Waals surface area contributed by atoms with E-state index in [1.54, 1.807) is 6.07 Å². The van der Waals surface area contributed by atoms with Crippen LogP contribution in [0.2, 0.25) is 10.2 Å². The molecule has 0 atom stereocenters. The second-order valence-corrected chi connectivity index (χ2v) is 7.60. The summed E-state index contributed by atoms with van der Waals surface area (Å²) >= 11 is 17.7. The highest BCUT2D eigenvalue weighted by molar-refractivity contribution is 7.80. The Labute approximate surface area is 178 Å². The van der Waals surface area contributed by atoms with Crippen molar-refractivity contribution in [1.82, 2.24) is 15.3 Å². The van der Waals surface area contributed by atoms with Gasteiger partial charge in [-0.2, -0.15) is 4.98 Å². The van der Waals surface area contributed by atoms with Crippen LogP contribution >= 0.6 is 35.4 Å². The molecule has 5 nitrogen and oxygen atoms in total. The van der Waals surface area contributed by atoms with Crippen LogP contribution in [0.3, 0.4) is 0 Å². The fourth-order valence-electron chi connectivity index (χ4n) is 3.08. The Balaban J connectivity index is 1.43. The fourth-order valence-corrected chi connectivity index (χ4v) is 3.63. The number of fused-ring (bicyclic) bond motifs is 1. The van der Waals surface area contributed by atoms with Crippen molar-refractivity contribution in [3.63, 3.8) is 0 Å². The zero-order valence-corrected chi connectivity index (χ0v) is 17.2. The summed E-state index contributed by atoms with van der Waals surface area (Å²) in [5.41, 5.74) is 3.54. The van der Waals surface area contributed by atoms with E-state index in [2.05, 4.69) is 37.6 Å². The zero-order valence-electron chi connectivity index (χ0n) is 14.8. The third-order valence-corrected chi connectivity index (χ3v) is 5.28. The van der Waals surface area contributed by atoms with E-state index in [9.17, 15) is 0 Å². The summed E-state index contributed by atoms with van der Waals surface area (Å²) in [5.74, 6) is 1.11. The van der Waals surface area contributed by atoms with Crippen molar-refractivity contribution < 1.29 is 0 Å². The van der Waals surface area contributed by atoms with Gasteiger partial charge in [0.1, 0.15) is 11.0 Å². The monoisotopic (exact) mass is 429 g/mol. The number of anilines is 2. The number of rotatable bonds is 4. The molecule has 1 aliphatic heterocycles. The highest BCUT2D eigenvalue weighted by atomic mass is 35.5. The van der Waals surface area contributed by atoms with Crippen molar-refractivity contribution in [2.75, 3.05) is 10.2 Å². The van der Waals surface area contributed by atoms with Crippen molar-refractivity contribution in [2.45, 2.75) is 19.6 Å². The van der Waals surface area contributed by atoms with E-state index >= 15 is 0 Å². The minimum Gasteiger partial charge on any atom is -0.358 e. The average molecular weight is 430 g/mol. The first-order chi connectivity index (χ1) is 13.6. The number of hydrogen-bond acceptors (Lipinski definition) is 4. The number of nitrogens with one attached hydrogen (secondary N) is 2. The third kappa shape index (κ3) is 4.35. The normalized spacial score (nSPS) is 12.6. The molecule has 8 heteroatoms. The number of benzene rings is 2. The molecular formula is C20H17Cl2N5S. The smallest absolute Gasteiger partial charge is 0.232 e. The number of halogens is 2. The molecule has 4 rings (SSSR count). The summed E-state index contributed by atoms with van der Waals surface area (Å²) in [6.07, 6.45) is 0. The van der Waals surface area contributed by atoms with E-state index in [1.807, 2.05) is 36.4 Å². The van der Waals surface area contributed by atoms with Crippen LogP contribution in [-0.4, -0.2) is 15.1 Å². The van der Waals surface area contributed by atoms with E-state index in [-0.39, 0.29) is 0 Å². The second-order valence-electron chi connectivity index (χ2n) is 6.40. The molecule has 2 N–H and O–H groups in total. The molecule has 0 spiro atoms. The standard InChI is InChI=1S/C20H17Cl2N5S/c21-16-8-4-3-5-13(16)10-23-20(28)26-19-24-17(22)9-18(25-19)27-11-14-6-1-2-7-15(14)12-27/h1-9H,10-12H2,(H2,23,24,25,26,28). The first-order valence-electron chi connectivity index (χ1n) is 8.73. The molecule has 28 heavy (non-hydrogen) atoms. The van der Waals surface area contributed by atoms with Crippen molar-refractivity contribution in [3.05, 3.63) is 81.5 Å². The third-order valence-electron chi connectivity index (χ3n) is 4.47.